The summed E-state index contributed by atoms with van der Waals surface area (Å²) in [4.78, 5) is 21.1. The second-order valence-corrected chi connectivity index (χ2v) is 9.15. The van der Waals surface area contributed by atoms with E-state index in [-0.39, 0.29) is 5.91 Å². The molecule has 7 heteroatoms. The molecule has 28 heavy (non-hydrogen) atoms. The number of pyridine rings is 1. The molecule has 0 saturated carbocycles. The van der Waals surface area contributed by atoms with E-state index >= 15 is 0 Å². The number of rotatable bonds is 5. The van der Waals surface area contributed by atoms with Crippen LogP contribution in [0.1, 0.15) is 52.3 Å². The normalized spacial score (nSPS) is 15.1. The van der Waals surface area contributed by atoms with Crippen molar-refractivity contribution in [3.05, 3.63) is 56.6 Å². The van der Waals surface area contributed by atoms with Crippen molar-refractivity contribution in [1.29, 1.82) is 0 Å². The number of imidazole rings is 1. The van der Waals surface area contributed by atoms with Crippen LogP contribution in [0, 0.1) is 6.92 Å². The number of aromatic nitrogens is 2. The quantitative estimate of drug-likeness (QED) is 0.657. The molecule has 0 spiro atoms. The summed E-state index contributed by atoms with van der Waals surface area (Å²) < 4.78 is 2.83. The van der Waals surface area contributed by atoms with Crippen LogP contribution in [0.4, 0.5) is 0 Å². The van der Waals surface area contributed by atoms with Gasteiger partial charge in [-0.1, -0.05) is 24.4 Å². The largest absolute Gasteiger partial charge is 0.337 e. The summed E-state index contributed by atoms with van der Waals surface area (Å²) in [5.41, 5.74) is 3.46. The Labute approximate surface area is 174 Å². The number of hydrogen-bond donors (Lipinski definition) is 1. The summed E-state index contributed by atoms with van der Waals surface area (Å²) in [7, 11) is 0. The third-order valence-electron chi connectivity index (χ3n) is 5.20. The number of likely N-dealkylation sites (tertiary alicyclic amines) is 1. The van der Waals surface area contributed by atoms with Crippen molar-refractivity contribution in [2.24, 2.45) is 0 Å². The molecule has 5 nitrogen and oxygen atoms in total. The van der Waals surface area contributed by atoms with E-state index in [1.807, 2.05) is 40.6 Å². The zero-order valence-corrected chi connectivity index (χ0v) is 17.7. The zero-order valence-electron chi connectivity index (χ0n) is 16.1. The molecular weight excluding hydrogens is 392 g/mol. The number of hydrogen-bond acceptors (Lipinski definition) is 4. The van der Waals surface area contributed by atoms with Crippen molar-refractivity contribution in [1.82, 2.24) is 19.6 Å². The molecular formula is C21H25ClN4OS. The average Bonchev–Trinajstić information content (AvgIpc) is 3.13. The molecule has 3 aromatic heterocycles. The van der Waals surface area contributed by atoms with Crippen molar-refractivity contribution in [2.75, 3.05) is 13.1 Å². The number of fused-ring (bicyclic) bond motifs is 1. The lowest BCUT2D eigenvalue weighted by Gasteiger charge is -2.19. The number of aryl methyl sites for hydroxylation is 1. The summed E-state index contributed by atoms with van der Waals surface area (Å²) in [5, 5.41) is 3.45. The van der Waals surface area contributed by atoms with Crippen LogP contribution in [0.5, 0.6) is 0 Å². The highest BCUT2D eigenvalue weighted by atomic mass is 35.5. The number of carbonyl (C=O) groups is 1. The lowest BCUT2D eigenvalue weighted by Crippen LogP contribution is -2.33. The predicted molar refractivity (Wildman–Crippen MR) is 114 cm³/mol. The van der Waals surface area contributed by atoms with Gasteiger partial charge in [-0.25, -0.2) is 4.98 Å². The van der Waals surface area contributed by atoms with Crippen LogP contribution in [-0.2, 0) is 13.1 Å². The third kappa shape index (κ3) is 4.24. The van der Waals surface area contributed by atoms with Gasteiger partial charge in [0.1, 0.15) is 5.65 Å². The number of nitrogens with zero attached hydrogens (tertiary/aromatic N) is 3. The summed E-state index contributed by atoms with van der Waals surface area (Å²) in [5.74, 6) is 0.0548. The van der Waals surface area contributed by atoms with E-state index in [0.717, 1.165) is 47.2 Å². The summed E-state index contributed by atoms with van der Waals surface area (Å²) in [6.07, 6.45) is 6.56. The van der Waals surface area contributed by atoms with Crippen molar-refractivity contribution in [3.8, 4) is 0 Å². The maximum absolute atomic E-state index is 13.3. The summed E-state index contributed by atoms with van der Waals surface area (Å²) in [6.45, 7) is 4.99. The fourth-order valence-electron chi connectivity index (χ4n) is 3.71. The van der Waals surface area contributed by atoms with Gasteiger partial charge in [0.15, 0.2) is 5.69 Å². The number of carbonyl (C=O) groups excluding carboxylic acids is 1. The molecule has 1 N–H and O–H groups in total. The lowest BCUT2D eigenvalue weighted by atomic mass is 10.2. The molecule has 4 rings (SSSR count). The molecule has 0 aromatic carbocycles. The van der Waals surface area contributed by atoms with Crippen LogP contribution < -0.4 is 5.32 Å². The van der Waals surface area contributed by atoms with E-state index < -0.39 is 0 Å². The number of halogens is 1. The SMILES string of the molecule is Cc1ccn2c(CNCc3ccc(Cl)s3)c(C(=O)N3CCCCCC3)nc2c1. The first-order chi connectivity index (χ1) is 13.6. The van der Waals surface area contributed by atoms with Gasteiger partial charge < -0.3 is 14.6 Å². The Balaban J connectivity index is 1.60. The van der Waals surface area contributed by atoms with Crippen molar-refractivity contribution in [2.45, 2.75) is 45.7 Å². The van der Waals surface area contributed by atoms with Gasteiger partial charge in [0.2, 0.25) is 0 Å². The average molecular weight is 417 g/mol. The first kappa shape index (κ1) is 19.4. The minimum Gasteiger partial charge on any atom is -0.337 e. The molecule has 0 bridgehead atoms. The monoisotopic (exact) mass is 416 g/mol. The van der Waals surface area contributed by atoms with Crippen molar-refractivity contribution >= 4 is 34.5 Å². The van der Waals surface area contributed by atoms with E-state index in [9.17, 15) is 4.79 Å². The topological polar surface area (TPSA) is 49.6 Å². The Hall–Kier alpha value is -1.89. The third-order valence-corrected chi connectivity index (χ3v) is 6.43. The predicted octanol–water partition coefficient (Wildman–Crippen LogP) is 4.66. The van der Waals surface area contributed by atoms with Gasteiger partial charge in [0, 0.05) is 37.3 Å². The molecule has 0 unspecified atom stereocenters. The molecule has 148 valence electrons. The fourth-order valence-corrected chi connectivity index (χ4v) is 4.77. The van der Waals surface area contributed by atoms with Crippen molar-refractivity contribution < 1.29 is 4.79 Å². The minimum atomic E-state index is 0.0548. The van der Waals surface area contributed by atoms with Gasteiger partial charge in [0.25, 0.3) is 5.91 Å². The fraction of sp³-hybridized carbons (Fsp3) is 0.429. The molecule has 1 aliphatic rings. The molecule has 3 aromatic rings. The molecule has 0 radical (unpaired) electrons. The molecule has 1 fully saturated rings. The summed E-state index contributed by atoms with van der Waals surface area (Å²) in [6, 6.07) is 8.02. The van der Waals surface area contributed by atoms with Gasteiger partial charge in [-0.15, -0.1) is 11.3 Å². The van der Waals surface area contributed by atoms with Crippen LogP contribution in [0.3, 0.4) is 0 Å². The molecule has 1 amide bonds. The Kier molecular flexibility index (Phi) is 5.99. The maximum Gasteiger partial charge on any atom is 0.274 e. The van der Waals surface area contributed by atoms with Gasteiger partial charge in [-0.3, -0.25) is 4.79 Å². The minimum absolute atomic E-state index is 0.0548. The van der Waals surface area contributed by atoms with Crippen LogP contribution in [0.25, 0.3) is 5.65 Å². The van der Waals surface area contributed by atoms with E-state index in [1.54, 1.807) is 11.3 Å². The van der Waals surface area contributed by atoms with E-state index in [0.29, 0.717) is 18.8 Å². The first-order valence-electron chi connectivity index (χ1n) is 9.83. The standard InChI is InChI=1S/C21H25ClN4OS/c1-15-8-11-26-17(14-23-13-16-6-7-18(22)28-16)20(24-19(26)12-15)21(27)25-9-4-2-3-5-10-25/h6-8,11-12,23H,2-5,9-10,13-14H2,1H3. The molecule has 4 heterocycles. The number of amides is 1. The smallest absolute Gasteiger partial charge is 0.274 e. The van der Waals surface area contributed by atoms with Crippen LogP contribution >= 0.6 is 22.9 Å². The highest BCUT2D eigenvalue weighted by Crippen LogP contribution is 2.22. The first-order valence-corrected chi connectivity index (χ1v) is 11.0. The Bertz CT molecular complexity index is 972. The van der Waals surface area contributed by atoms with Crippen molar-refractivity contribution in [3.63, 3.8) is 0 Å². The Morgan fingerprint density at radius 3 is 2.68 bits per heavy atom. The van der Waals surface area contributed by atoms with Crippen LogP contribution in [0.2, 0.25) is 4.34 Å². The number of thiophene rings is 1. The Morgan fingerprint density at radius 1 is 1.18 bits per heavy atom. The van der Waals surface area contributed by atoms with Gasteiger partial charge in [-0.2, -0.15) is 0 Å². The number of nitrogens with one attached hydrogen (secondary N) is 1. The highest BCUT2D eigenvalue weighted by Gasteiger charge is 2.24. The second kappa shape index (κ2) is 8.64. The molecule has 0 aliphatic carbocycles. The van der Waals surface area contributed by atoms with E-state index in [2.05, 4.69) is 11.4 Å². The lowest BCUT2D eigenvalue weighted by molar-refractivity contribution is 0.0755. The van der Waals surface area contributed by atoms with Gasteiger partial charge >= 0.3 is 0 Å². The molecule has 1 aliphatic heterocycles. The highest BCUT2D eigenvalue weighted by molar-refractivity contribution is 7.16. The van der Waals surface area contributed by atoms with E-state index in [1.165, 1.54) is 17.7 Å². The maximum atomic E-state index is 13.3. The van der Waals surface area contributed by atoms with Gasteiger partial charge in [0.05, 0.1) is 10.0 Å². The molecule has 1 saturated heterocycles. The molecule has 0 atom stereocenters. The van der Waals surface area contributed by atoms with Crippen LogP contribution in [-0.4, -0.2) is 33.3 Å². The summed E-state index contributed by atoms with van der Waals surface area (Å²) >= 11 is 7.60. The van der Waals surface area contributed by atoms with Gasteiger partial charge in [-0.05, 0) is 49.6 Å². The second-order valence-electron chi connectivity index (χ2n) is 7.36. The van der Waals surface area contributed by atoms with E-state index in [4.69, 9.17) is 16.6 Å². The van der Waals surface area contributed by atoms with Crippen LogP contribution in [0.15, 0.2) is 30.5 Å². The Morgan fingerprint density at radius 2 is 1.96 bits per heavy atom. The zero-order chi connectivity index (χ0) is 19.5.